The van der Waals surface area contributed by atoms with Crippen molar-refractivity contribution in [3.63, 3.8) is 0 Å². The third-order valence-corrected chi connectivity index (χ3v) is 4.31. The van der Waals surface area contributed by atoms with E-state index in [1.807, 2.05) is 30.3 Å². The van der Waals surface area contributed by atoms with Gasteiger partial charge in [0.05, 0.1) is 14.2 Å². The summed E-state index contributed by atoms with van der Waals surface area (Å²) < 4.78 is 10.7. The molecule has 1 aromatic carbocycles. The van der Waals surface area contributed by atoms with Crippen LogP contribution in [0.5, 0.6) is 11.5 Å². The van der Waals surface area contributed by atoms with Gasteiger partial charge in [-0.3, -0.25) is 0 Å². The van der Waals surface area contributed by atoms with Crippen molar-refractivity contribution < 1.29 is 9.47 Å². The zero-order valence-electron chi connectivity index (χ0n) is 14.2. The molecule has 0 bridgehead atoms. The fraction of sp³-hybridized carbons (Fsp3) is 0.444. The van der Waals surface area contributed by atoms with E-state index in [-0.39, 0.29) is 0 Å². The predicted molar refractivity (Wildman–Crippen MR) is 93.7 cm³/mol. The van der Waals surface area contributed by atoms with Gasteiger partial charge in [-0.1, -0.05) is 0 Å². The van der Waals surface area contributed by atoms with Crippen LogP contribution in [0.15, 0.2) is 36.5 Å². The number of rotatable bonds is 6. The first-order chi connectivity index (χ1) is 11.8. The van der Waals surface area contributed by atoms with Crippen LogP contribution >= 0.6 is 0 Å². The Morgan fingerprint density at radius 3 is 2.67 bits per heavy atom. The first-order valence-corrected chi connectivity index (χ1v) is 8.26. The van der Waals surface area contributed by atoms with Gasteiger partial charge in [0.25, 0.3) is 0 Å². The Hall–Kier alpha value is -2.34. The maximum absolute atomic E-state index is 5.33. The van der Waals surface area contributed by atoms with Gasteiger partial charge >= 0.3 is 0 Å². The summed E-state index contributed by atoms with van der Waals surface area (Å²) in [5, 5.41) is 11.8. The molecule has 128 valence electrons. The van der Waals surface area contributed by atoms with E-state index in [9.17, 15) is 0 Å². The third kappa shape index (κ3) is 4.14. The van der Waals surface area contributed by atoms with E-state index >= 15 is 0 Å². The predicted octanol–water partition coefficient (Wildman–Crippen LogP) is 2.25. The van der Waals surface area contributed by atoms with Crippen molar-refractivity contribution in [2.24, 2.45) is 0 Å². The van der Waals surface area contributed by atoms with Crippen molar-refractivity contribution in [3.8, 4) is 11.5 Å². The largest absolute Gasteiger partial charge is 0.497 e. The average Bonchev–Trinajstić information content (AvgIpc) is 2.67. The molecule has 0 spiro atoms. The summed E-state index contributed by atoms with van der Waals surface area (Å²) in [5.41, 5.74) is 1.16. The molecule has 1 fully saturated rings. The van der Waals surface area contributed by atoms with E-state index in [0.29, 0.717) is 6.04 Å². The lowest BCUT2D eigenvalue weighted by molar-refractivity contribution is 0.390. The number of piperidine rings is 1. The summed E-state index contributed by atoms with van der Waals surface area (Å²) >= 11 is 0. The van der Waals surface area contributed by atoms with Crippen LogP contribution in [0, 0.1) is 0 Å². The molecule has 1 aliphatic heterocycles. The lowest BCUT2D eigenvalue weighted by Gasteiger charge is -2.33. The second-order valence-corrected chi connectivity index (χ2v) is 5.97. The minimum absolute atomic E-state index is 0.429. The van der Waals surface area contributed by atoms with Gasteiger partial charge in [0.15, 0.2) is 5.82 Å². The Morgan fingerprint density at radius 2 is 2.00 bits per heavy atom. The van der Waals surface area contributed by atoms with Crippen LogP contribution < -0.4 is 19.7 Å². The van der Waals surface area contributed by atoms with Gasteiger partial charge in [-0.25, -0.2) is 0 Å². The number of aromatic nitrogens is 2. The molecule has 0 radical (unpaired) electrons. The number of hydrogen-bond donors (Lipinski definition) is 1. The van der Waals surface area contributed by atoms with Crippen molar-refractivity contribution in [1.29, 1.82) is 0 Å². The van der Waals surface area contributed by atoms with Gasteiger partial charge < -0.3 is 19.7 Å². The summed E-state index contributed by atoms with van der Waals surface area (Å²) in [6, 6.07) is 10.3. The van der Waals surface area contributed by atoms with E-state index in [0.717, 1.165) is 55.4 Å². The Bertz CT molecular complexity index is 628. The molecular formula is C18H24N4O2. The van der Waals surface area contributed by atoms with Crippen LogP contribution in [-0.2, 0) is 6.54 Å². The molecule has 2 aromatic rings. The van der Waals surface area contributed by atoms with E-state index in [2.05, 4.69) is 20.4 Å². The fourth-order valence-corrected chi connectivity index (χ4v) is 3.04. The molecule has 0 saturated carbocycles. The molecular weight excluding hydrogens is 304 g/mol. The third-order valence-electron chi connectivity index (χ3n) is 4.31. The first kappa shape index (κ1) is 16.5. The zero-order chi connectivity index (χ0) is 16.8. The van der Waals surface area contributed by atoms with Crippen LogP contribution in [0.25, 0.3) is 0 Å². The maximum Gasteiger partial charge on any atom is 0.151 e. The van der Waals surface area contributed by atoms with Gasteiger partial charge in [-0.05, 0) is 42.7 Å². The molecule has 2 heterocycles. The minimum Gasteiger partial charge on any atom is -0.497 e. The monoisotopic (exact) mass is 328 g/mol. The first-order valence-electron chi connectivity index (χ1n) is 8.26. The van der Waals surface area contributed by atoms with Gasteiger partial charge in [0.1, 0.15) is 11.5 Å². The highest BCUT2D eigenvalue weighted by atomic mass is 16.5. The molecule has 6 nitrogen and oxygen atoms in total. The SMILES string of the molecule is COc1cc(CNC2CCCN(c3cccnn3)C2)cc(OC)c1. The Balaban J connectivity index is 1.60. The molecule has 1 N–H and O–H groups in total. The molecule has 0 amide bonds. The molecule has 24 heavy (non-hydrogen) atoms. The van der Waals surface area contributed by atoms with Crippen LogP contribution in [-0.4, -0.2) is 43.5 Å². The van der Waals surface area contributed by atoms with Crippen molar-refractivity contribution >= 4 is 5.82 Å². The lowest BCUT2D eigenvalue weighted by Crippen LogP contribution is -2.45. The van der Waals surface area contributed by atoms with Crippen LogP contribution in [0.2, 0.25) is 0 Å². The zero-order valence-corrected chi connectivity index (χ0v) is 14.2. The summed E-state index contributed by atoms with van der Waals surface area (Å²) in [6.45, 7) is 2.76. The Kier molecular flexibility index (Phi) is 5.48. The smallest absolute Gasteiger partial charge is 0.151 e. The Labute approximate surface area is 142 Å². The molecule has 1 unspecified atom stereocenters. The highest BCUT2D eigenvalue weighted by molar-refractivity contribution is 5.39. The van der Waals surface area contributed by atoms with Gasteiger partial charge in [0.2, 0.25) is 0 Å². The quantitative estimate of drug-likeness (QED) is 0.878. The normalized spacial score (nSPS) is 17.6. The van der Waals surface area contributed by atoms with Crippen LogP contribution in [0.4, 0.5) is 5.82 Å². The number of benzene rings is 1. The van der Waals surface area contributed by atoms with Crippen molar-refractivity contribution in [1.82, 2.24) is 15.5 Å². The van der Waals surface area contributed by atoms with E-state index in [1.54, 1.807) is 20.4 Å². The molecule has 1 aliphatic rings. The topological polar surface area (TPSA) is 59.5 Å². The molecule has 1 aromatic heterocycles. The van der Waals surface area contributed by atoms with Crippen LogP contribution in [0.3, 0.4) is 0 Å². The van der Waals surface area contributed by atoms with Gasteiger partial charge in [-0.15, -0.1) is 5.10 Å². The van der Waals surface area contributed by atoms with E-state index < -0.39 is 0 Å². The molecule has 1 saturated heterocycles. The van der Waals surface area contributed by atoms with Gasteiger partial charge in [0, 0.05) is 37.9 Å². The highest BCUT2D eigenvalue weighted by Crippen LogP contribution is 2.23. The maximum atomic E-state index is 5.33. The summed E-state index contributed by atoms with van der Waals surface area (Å²) in [6.07, 6.45) is 4.02. The second kappa shape index (κ2) is 7.97. The van der Waals surface area contributed by atoms with Crippen molar-refractivity contribution in [2.75, 3.05) is 32.2 Å². The summed E-state index contributed by atoms with van der Waals surface area (Å²) in [5.74, 6) is 2.58. The number of anilines is 1. The summed E-state index contributed by atoms with van der Waals surface area (Å²) in [7, 11) is 3.35. The Morgan fingerprint density at radius 1 is 1.21 bits per heavy atom. The van der Waals surface area contributed by atoms with Gasteiger partial charge in [-0.2, -0.15) is 5.10 Å². The molecule has 0 aliphatic carbocycles. The number of nitrogens with one attached hydrogen (secondary N) is 1. The van der Waals surface area contributed by atoms with Crippen LogP contribution in [0.1, 0.15) is 18.4 Å². The lowest BCUT2D eigenvalue weighted by atomic mass is 10.1. The van der Waals surface area contributed by atoms with E-state index in [1.165, 1.54) is 0 Å². The van der Waals surface area contributed by atoms with Crippen molar-refractivity contribution in [2.45, 2.75) is 25.4 Å². The number of nitrogens with zero attached hydrogens (tertiary/aromatic N) is 3. The van der Waals surface area contributed by atoms with E-state index in [4.69, 9.17) is 9.47 Å². The number of hydrogen-bond acceptors (Lipinski definition) is 6. The summed E-state index contributed by atoms with van der Waals surface area (Å²) in [4.78, 5) is 2.29. The highest BCUT2D eigenvalue weighted by Gasteiger charge is 2.20. The second-order valence-electron chi connectivity index (χ2n) is 5.97. The average molecular weight is 328 g/mol. The standard InChI is InChI=1S/C18H24N4O2/c1-23-16-9-14(10-17(11-16)24-2)12-19-15-5-4-8-22(13-15)18-6-3-7-20-21-18/h3,6-7,9-11,15,19H,4-5,8,12-13H2,1-2H3. The van der Waals surface area contributed by atoms with Crippen molar-refractivity contribution in [3.05, 3.63) is 42.1 Å². The molecule has 3 rings (SSSR count). The fourth-order valence-electron chi connectivity index (χ4n) is 3.04. The minimum atomic E-state index is 0.429. The number of methoxy groups -OCH3 is 2. The molecule has 1 atom stereocenters. The molecule has 6 heteroatoms. The number of ether oxygens (including phenoxy) is 2.